The number of epoxide rings is 1. The van der Waals surface area contributed by atoms with Gasteiger partial charge in [-0.25, -0.2) is 0 Å². The van der Waals surface area contributed by atoms with E-state index in [1.165, 1.54) is 45.2 Å². The molecule has 2 nitrogen and oxygen atoms in total. The topological polar surface area (TPSA) is 15.8 Å². The minimum absolute atomic E-state index is 0.501. The van der Waals surface area contributed by atoms with Crippen molar-refractivity contribution in [1.29, 1.82) is 0 Å². The van der Waals surface area contributed by atoms with Crippen LogP contribution in [0.5, 0.6) is 0 Å². The molecule has 0 N–H and O–H groups in total. The Morgan fingerprint density at radius 2 is 1.92 bits per heavy atom. The standard InChI is InChI=1S/C11H19NO/c1-2-9-10(13-9)12-7-5-11(3-4-11)6-8-12/h9-10H,2-8H2,1H3. The van der Waals surface area contributed by atoms with Crippen LogP contribution in [0.15, 0.2) is 0 Å². The van der Waals surface area contributed by atoms with Crippen LogP contribution in [0, 0.1) is 5.41 Å². The third-order valence-corrected chi connectivity index (χ3v) is 4.13. The van der Waals surface area contributed by atoms with E-state index in [1.807, 2.05) is 0 Å². The molecule has 0 aromatic rings. The van der Waals surface area contributed by atoms with Crippen molar-refractivity contribution in [3.05, 3.63) is 0 Å². The van der Waals surface area contributed by atoms with E-state index in [1.54, 1.807) is 0 Å². The van der Waals surface area contributed by atoms with Gasteiger partial charge in [0.05, 0.1) is 6.10 Å². The van der Waals surface area contributed by atoms with Crippen molar-refractivity contribution in [2.45, 2.75) is 51.4 Å². The SMILES string of the molecule is CCC1OC1N1CCC2(CC1)CC2. The highest BCUT2D eigenvalue weighted by Gasteiger charge is 2.49. The number of piperidine rings is 1. The van der Waals surface area contributed by atoms with E-state index >= 15 is 0 Å². The van der Waals surface area contributed by atoms with E-state index < -0.39 is 0 Å². The average molecular weight is 181 g/mol. The summed E-state index contributed by atoms with van der Waals surface area (Å²) in [4.78, 5) is 2.55. The van der Waals surface area contributed by atoms with Gasteiger partial charge in [-0.3, -0.25) is 4.90 Å². The maximum Gasteiger partial charge on any atom is 0.137 e. The fourth-order valence-corrected chi connectivity index (χ4v) is 2.68. The normalized spacial score (nSPS) is 42.2. The zero-order valence-corrected chi connectivity index (χ0v) is 8.46. The van der Waals surface area contributed by atoms with Crippen molar-refractivity contribution < 1.29 is 4.74 Å². The summed E-state index contributed by atoms with van der Waals surface area (Å²) in [5.41, 5.74) is 0.813. The summed E-state index contributed by atoms with van der Waals surface area (Å²) in [5, 5.41) is 0. The Hall–Kier alpha value is -0.0800. The van der Waals surface area contributed by atoms with Gasteiger partial charge in [-0.2, -0.15) is 0 Å². The van der Waals surface area contributed by atoms with Crippen LogP contribution in [0.2, 0.25) is 0 Å². The maximum atomic E-state index is 5.62. The second-order valence-electron chi connectivity index (χ2n) is 5.01. The lowest BCUT2D eigenvalue weighted by molar-refractivity contribution is 0.115. The van der Waals surface area contributed by atoms with Gasteiger partial charge in [-0.1, -0.05) is 6.92 Å². The molecule has 0 aromatic carbocycles. The van der Waals surface area contributed by atoms with Crippen molar-refractivity contribution in [2.24, 2.45) is 5.41 Å². The molecule has 0 bridgehead atoms. The minimum Gasteiger partial charge on any atom is -0.353 e. The largest absolute Gasteiger partial charge is 0.353 e. The van der Waals surface area contributed by atoms with Crippen LogP contribution in [-0.2, 0) is 4.74 Å². The van der Waals surface area contributed by atoms with Gasteiger partial charge in [0.2, 0.25) is 0 Å². The van der Waals surface area contributed by atoms with E-state index in [4.69, 9.17) is 4.74 Å². The molecular formula is C11H19NO. The summed E-state index contributed by atoms with van der Waals surface area (Å²) in [7, 11) is 0. The molecule has 0 aromatic heterocycles. The smallest absolute Gasteiger partial charge is 0.137 e. The van der Waals surface area contributed by atoms with Gasteiger partial charge in [0.1, 0.15) is 6.23 Å². The molecule has 3 aliphatic rings. The molecule has 2 aliphatic heterocycles. The number of likely N-dealkylation sites (tertiary alicyclic amines) is 1. The lowest BCUT2D eigenvalue weighted by Gasteiger charge is -2.30. The highest BCUT2D eigenvalue weighted by Crippen LogP contribution is 2.54. The van der Waals surface area contributed by atoms with E-state index in [0.717, 1.165) is 5.41 Å². The molecule has 74 valence electrons. The van der Waals surface area contributed by atoms with E-state index in [0.29, 0.717) is 12.3 Å². The van der Waals surface area contributed by atoms with Crippen LogP contribution in [-0.4, -0.2) is 30.3 Å². The fourth-order valence-electron chi connectivity index (χ4n) is 2.68. The summed E-state index contributed by atoms with van der Waals surface area (Å²) in [6.07, 6.45) is 8.13. The Morgan fingerprint density at radius 3 is 2.38 bits per heavy atom. The van der Waals surface area contributed by atoms with Gasteiger partial charge in [-0.15, -0.1) is 0 Å². The monoisotopic (exact) mass is 181 g/mol. The second-order valence-corrected chi connectivity index (χ2v) is 5.01. The highest BCUT2D eigenvalue weighted by molar-refractivity contribution is 4.99. The first kappa shape index (κ1) is 8.25. The molecule has 1 saturated carbocycles. The van der Waals surface area contributed by atoms with E-state index in [-0.39, 0.29) is 0 Å². The first-order valence-electron chi connectivity index (χ1n) is 5.72. The molecule has 2 heterocycles. The summed E-state index contributed by atoms with van der Waals surface area (Å²) >= 11 is 0. The first-order chi connectivity index (χ1) is 6.33. The molecule has 2 heteroatoms. The first-order valence-corrected chi connectivity index (χ1v) is 5.72. The Morgan fingerprint density at radius 1 is 1.23 bits per heavy atom. The van der Waals surface area contributed by atoms with Crippen LogP contribution in [0.1, 0.15) is 39.0 Å². The van der Waals surface area contributed by atoms with Gasteiger partial charge in [0.15, 0.2) is 0 Å². The van der Waals surface area contributed by atoms with Crippen molar-refractivity contribution in [3.8, 4) is 0 Å². The Labute approximate surface area is 80.2 Å². The van der Waals surface area contributed by atoms with Crippen LogP contribution >= 0.6 is 0 Å². The second kappa shape index (κ2) is 2.71. The summed E-state index contributed by atoms with van der Waals surface area (Å²) in [6.45, 7) is 4.80. The van der Waals surface area contributed by atoms with Gasteiger partial charge in [0, 0.05) is 13.1 Å². The zero-order chi connectivity index (χ0) is 8.89. The summed E-state index contributed by atoms with van der Waals surface area (Å²) in [5.74, 6) is 0. The predicted octanol–water partition coefficient (Wildman–Crippen LogP) is 2.00. The van der Waals surface area contributed by atoms with Gasteiger partial charge in [0.25, 0.3) is 0 Å². The molecule has 1 aliphatic carbocycles. The number of hydrogen-bond donors (Lipinski definition) is 0. The van der Waals surface area contributed by atoms with Crippen LogP contribution in [0.3, 0.4) is 0 Å². The lowest BCUT2D eigenvalue weighted by atomic mass is 9.93. The molecule has 2 unspecified atom stereocenters. The van der Waals surface area contributed by atoms with Crippen LogP contribution < -0.4 is 0 Å². The number of ether oxygens (including phenoxy) is 1. The fraction of sp³-hybridized carbons (Fsp3) is 1.00. The third-order valence-electron chi connectivity index (χ3n) is 4.13. The number of hydrogen-bond acceptors (Lipinski definition) is 2. The van der Waals surface area contributed by atoms with Crippen molar-refractivity contribution in [3.63, 3.8) is 0 Å². The van der Waals surface area contributed by atoms with Gasteiger partial charge in [-0.05, 0) is 37.5 Å². The van der Waals surface area contributed by atoms with E-state index in [9.17, 15) is 0 Å². The maximum absolute atomic E-state index is 5.62. The molecule has 3 fully saturated rings. The quantitative estimate of drug-likeness (QED) is 0.606. The van der Waals surface area contributed by atoms with Crippen molar-refractivity contribution >= 4 is 0 Å². The molecule has 2 saturated heterocycles. The zero-order valence-electron chi connectivity index (χ0n) is 8.46. The molecule has 2 atom stereocenters. The third kappa shape index (κ3) is 1.40. The van der Waals surface area contributed by atoms with Crippen molar-refractivity contribution in [1.82, 2.24) is 4.90 Å². The molecule has 1 spiro atoms. The van der Waals surface area contributed by atoms with Crippen LogP contribution in [0.25, 0.3) is 0 Å². The lowest BCUT2D eigenvalue weighted by Crippen LogP contribution is -2.37. The summed E-state index contributed by atoms with van der Waals surface area (Å²) < 4.78 is 5.62. The Balaban J connectivity index is 1.52. The number of rotatable bonds is 2. The van der Waals surface area contributed by atoms with Gasteiger partial charge >= 0.3 is 0 Å². The highest BCUT2D eigenvalue weighted by atomic mass is 16.6. The van der Waals surface area contributed by atoms with Crippen molar-refractivity contribution in [2.75, 3.05) is 13.1 Å². The molecule has 0 radical (unpaired) electrons. The molecular weight excluding hydrogens is 162 g/mol. The Kier molecular flexibility index (Phi) is 1.72. The summed E-state index contributed by atoms with van der Waals surface area (Å²) in [6, 6.07) is 0. The molecule has 13 heavy (non-hydrogen) atoms. The predicted molar refractivity (Wildman–Crippen MR) is 51.4 cm³/mol. The Bertz CT molecular complexity index is 202. The molecule has 0 amide bonds. The number of nitrogens with zero attached hydrogens (tertiary/aromatic N) is 1. The van der Waals surface area contributed by atoms with Crippen LogP contribution in [0.4, 0.5) is 0 Å². The van der Waals surface area contributed by atoms with E-state index in [2.05, 4.69) is 11.8 Å². The average Bonchev–Trinajstić information content (AvgIpc) is 3.04. The minimum atomic E-state index is 0.501. The molecule has 3 rings (SSSR count). The van der Waals surface area contributed by atoms with Gasteiger partial charge < -0.3 is 4.74 Å².